The highest BCUT2D eigenvalue weighted by Crippen LogP contribution is 2.33. The number of aryl methyl sites for hydroxylation is 1. The standard InChI is InChI=1S/C22H17F3N4O3/c1-12-3-8-18(30)16(9-12)27-21(31)17-11-20-26-15(13-4-6-14(32-2)7-5-13)10-19(22(23,24)25)29(20)28-17/h3-11,30H,1-2H3,(H,27,31). The lowest BCUT2D eigenvalue weighted by Crippen LogP contribution is -2.16. The first kappa shape index (κ1) is 21.2. The van der Waals surface area contributed by atoms with Crippen LogP contribution in [0.15, 0.2) is 54.6 Å². The number of carbonyl (C=O) groups is 1. The minimum absolute atomic E-state index is 0.0654. The molecule has 164 valence electrons. The van der Waals surface area contributed by atoms with Gasteiger partial charge in [0.25, 0.3) is 5.91 Å². The highest BCUT2D eigenvalue weighted by molar-refractivity contribution is 6.04. The number of ether oxygens (including phenoxy) is 1. The van der Waals surface area contributed by atoms with E-state index in [-0.39, 0.29) is 28.5 Å². The summed E-state index contributed by atoms with van der Waals surface area (Å²) in [5, 5.41) is 16.2. The lowest BCUT2D eigenvalue weighted by atomic mass is 10.1. The number of halogens is 3. The number of benzene rings is 2. The second-order valence-electron chi connectivity index (χ2n) is 7.03. The number of anilines is 1. The summed E-state index contributed by atoms with van der Waals surface area (Å²) in [6.45, 7) is 1.76. The van der Waals surface area contributed by atoms with Crippen molar-refractivity contribution in [2.24, 2.45) is 0 Å². The molecule has 2 heterocycles. The molecule has 10 heteroatoms. The number of rotatable bonds is 4. The van der Waals surface area contributed by atoms with Gasteiger partial charge >= 0.3 is 6.18 Å². The topological polar surface area (TPSA) is 88.8 Å². The van der Waals surface area contributed by atoms with Gasteiger partial charge in [-0.2, -0.15) is 18.3 Å². The van der Waals surface area contributed by atoms with Crippen LogP contribution in [0.1, 0.15) is 21.7 Å². The van der Waals surface area contributed by atoms with Crippen LogP contribution in [0.5, 0.6) is 11.5 Å². The third kappa shape index (κ3) is 4.07. The highest BCUT2D eigenvalue weighted by Gasteiger charge is 2.35. The molecule has 2 aromatic carbocycles. The van der Waals surface area contributed by atoms with E-state index < -0.39 is 17.8 Å². The van der Waals surface area contributed by atoms with Gasteiger partial charge in [0.2, 0.25) is 0 Å². The van der Waals surface area contributed by atoms with Crippen LogP contribution in [-0.4, -0.2) is 32.7 Å². The van der Waals surface area contributed by atoms with Gasteiger partial charge in [-0.3, -0.25) is 4.79 Å². The summed E-state index contributed by atoms with van der Waals surface area (Å²) in [7, 11) is 1.48. The van der Waals surface area contributed by atoms with Crippen molar-refractivity contribution in [3.8, 4) is 22.8 Å². The minimum atomic E-state index is -4.74. The van der Waals surface area contributed by atoms with Crippen LogP contribution in [0.4, 0.5) is 18.9 Å². The Bertz CT molecular complexity index is 1310. The van der Waals surface area contributed by atoms with Crippen molar-refractivity contribution in [2.75, 3.05) is 12.4 Å². The zero-order chi connectivity index (χ0) is 23.0. The molecular formula is C22H17F3N4O3. The number of nitrogens with one attached hydrogen (secondary N) is 1. The molecule has 0 aliphatic heterocycles. The largest absolute Gasteiger partial charge is 0.506 e. The number of carbonyl (C=O) groups excluding carboxylic acids is 1. The van der Waals surface area contributed by atoms with Crippen molar-refractivity contribution in [3.05, 3.63) is 71.5 Å². The number of aromatic nitrogens is 3. The molecule has 0 unspecified atom stereocenters. The van der Waals surface area contributed by atoms with E-state index in [4.69, 9.17) is 4.74 Å². The van der Waals surface area contributed by atoms with E-state index in [0.717, 1.165) is 17.7 Å². The normalized spacial score (nSPS) is 11.5. The van der Waals surface area contributed by atoms with Gasteiger partial charge in [0.05, 0.1) is 18.5 Å². The molecule has 0 saturated heterocycles. The highest BCUT2D eigenvalue weighted by atomic mass is 19.4. The minimum Gasteiger partial charge on any atom is -0.506 e. The zero-order valence-electron chi connectivity index (χ0n) is 16.9. The number of alkyl halides is 3. The van der Waals surface area contributed by atoms with E-state index in [2.05, 4.69) is 15.4 Å². The molecule has 32 heavy (non-hydrogen) atoms. The third-order valence-electron chi connectivity index (χ3n) is 4.74. The first-order valence-electron chi connectivity index (χ1n) is 9.39. The maximum atomic E-state index is 13.7. The van der Waals surface area contributed by atoms with Gasteiger partial charge in [0.1, 0.15) is 11.5 Å². The second-order valence-corrected chi connectivity index (χ2v) is 7.03. The van der Waals surface area contributed by atoms with Crippen molar-refractivity contribution in [3.63, 3.8) is 0 Å². The van der Waals surface area contributed by atoms with Crippen molar-refractivity contribution in [1.29, 1.82) is 0 Å². The Morgan fingerprint density at radius 3 is 2.47 bits per heavy atom. The molecule has 0 aliphatic carbocycles. The van der Waals surface area contributed by atoms with Gasteiger partial charge in [-0.1, -0.05) is 6.07 Å². The van der Waals surface area contributed by atoms with E-state index >= 15 is 0 Å². The molecule has 7 nitrogen and oxygen atoms in total. The SMILES string of the molecule is COc1ccc(-c2cc(C(F)(F)F)n3nc(C(=O)Nc4cc(C)ccc4O)cc3n2)cc1. The Hall–Kier alpha value is -4.08. The number of phenolic OH excluding ortho intramolecular Hbond substituents is 1. The van der Waals surface area contributed by atoms with Gasteiger partial charge in [0, 0.05) is 11.6 Å². The van der Waals surface area contributed by atoms with Crippen molar-refractivity contribution in [1.82, 2.24) is 14.6 Å². The Balaban J connectivity index is 1.77. The number of fused-ring (bicyclic) bond motifs is 1. The molecule has 4 rings (SSSR count). The van der Waals surface area contributed by atoms with Crippen molar-refractivity contribution < 1.29 is 27.8 Å². The Labute approximate surface area is 180 Å². The molecule has 2 N–H and O–H groups in total. The average Bonchev–Trinajstić information content (AvgIpc) is 3.19. The maximum Gasteiger partial charge on any atom is 0.433 e. The number of phenols is 1. The maximum absolute atomic E-state index is 13.7. The zero-order valence-corrected chi connectivity index (χ0v) is 16.9. The summed E-state index contributed by atoms with van der Waals surface area (Å²) in [5.74, 6) is -0.410. The molecule has 1 amide bonds. The van der Waals surface area contributed by atoms with E-state index in [9.17, 15) is 23.1 Å². The fraction of sp³-hybridized carbons (Fsp3) is 0.136. The van der Waals surface area contributed by atoms with E-state index in [0.29, 0.717) is 15.8 Å². The lowest BCUT2D eigenvalue weighted by molar-refractivity contribution is -0.142. The summed E-state index contributed by atoms with van der Waals surface area (Å²) < 4.78 is 46.9. The van der Waals surface area contributed by atoms with Crippen LogP contribution in [-0.2, 0) is 6.18 Å². The monoisotopic (exact) mass is 442 g/mol. The van der Waals surface area contributed by atoms with Crippen molar-refractivity contribution in [2.45, 2.75) is 13.1 Å². The molecular weight excluding hydrogens is 425 g/mol. The fourth-order valence-corrected chi connectivity index (χ4v) is 3.13. The van der Waals surface area contributed by atoms with Crippen LogP contribution in [0.25, 0.3) is 16.9 Å². The first-order chi connectivity index (χ1) is 15.2. The number of hydrogen-bond acceptors (Lipinski definition) is 5. The van der Waals surface area contributed by atoms with Crippen LogP contribution in [0.3, 0.4) is 0 Å². The summed E-state index contributed by atoms with van der Waals surface area (Å²) in [5.41, 5.74) is -0.106. The van der Waals surface area contributed by atoms with Crippen LogP contribution in [0.2, 0.25) is 0 Å². The van der Waals surface area contributed by atoms with Gasteiger partial charge in [-0.05, 0) is 55.0 Å². The Kier molecular flexibility index (Phi) is 5.21. The quantitative estimate of drug-likeness (QED) is 0.448. The summed E-state index contributed by atoms with van der Waals surface area (Å²) in [6.07, 6.45) is -4.74. The molecule has 0 fully saturated rings. The predicted octanol–water partition coefficient (Wildman–Crippen LogP) is 4.69. The summed E-state index contributed by atoms with van der Waals surface area (Å²) in [6, 6.07) is 13.0. The molecule has 0 radical (unpaired) electrons. The van der Waals surface area contributed by atoms with Gasteiger partial charge in [-0.15, -0.1) is 0 Å². The smallest absolute Gasteiger partial charge is 0.433 e. The molecule has 0 saturated carbocycles. The van der Waals surface area contributed by atoms with E-state index in [1.165, 1.54) is 19.2 Å². The predicted molar refractivity (Wildman–Crippen MR) is 111 cm³/mol. The number of hydrogen-bond donors (Lipinski definition) is 2. The van der Waals surface area contributed by atoms with E-state index in [1.54, 1.807) is 37.3 Å². The van der Waals surface area contributed by atoms with Crippen LogP contribution < -0.4 is 10.1 Å². The van der Waals surface area contributed by atoms with Crippen LogP contribution >= 0.6 is 0 Å². The number of methoxy groups -OCH3 is 1. The van der Waals surface area contributed by atoms with E-state index in [1.807, 2.05) is 0 Å². The third-order valence-corrected chi connectivity index (χ3v) is 4.74. The summed E-state index contributed by atoms with van der Waals surface area (Å²) in [4.78, 5) is 16.9. The summed E-state index contributed by atoms with van der Waals surface area (Å²) >= 11 is 0. The molecule has 0 spiro atoms. The van der Waals surface area contributed by atoms with Gasteiger partial charge in [0.15, 0.2) is 17.0 Å². The molecule has 2 aromatic heterocycles. The molecule has 0 bridgehead atoms. The number of aromatic hydroxyl groups is 1. The molecule has 0 aliphatic rings. The Morgan fingerprint density at radius 2 is 1.81 bits per heavy atom. The second kappa shape index (κ2) is 7.88. The van der Waals surface area contributed by atoms with Gasteiger partial charge < -0.3 is 15.2 Å². The van der Waals surface area contributed by atoms with Gasteiger partial charge in [-0.25, -0.2) is 9.50 Å². The number of nitrogens with zero attached hydrogens (tertiary/aromatic N) is 3. The lowest BCUT2D eigenvalue weighted by Gasteiger charge is -2.11. The fourth-order valence-electron chi connectivity index (χ4n) is 3.13. The molecule has 4 aromatic rings. The van der Waals surface area contributed by atoms with Crippen LogP contribution in [0, 0.1) is 6.92 Å². The average molecular weight is 442 g/mol. The molecule has 0 atom stereocenters. The van der Waals surface area contributed by atoms with Crippen molar-refractivity contribution >= 4 is 17.2 Å². The number of amides is 1. The Morgan fingerprint density at radius 1 is 1.09 bits per heavy atom. The first-order valence-corrected chi connectivity index (χ1v) is 9.39.